The first-order valence-electron chi connectivity index (χ1n) is 6.45. The van der Waals surface area contributed by atoms with Gasteiger partial charge in [-0.1, -0.05) is 24.3 Å². The van der Waals surface area contributed by atoms with E-state index in [1.165, 1.54) is 10.3 Å². The van der Waals surface area contributed by atoms with Crippen molar-refractivity contribution in [2.75, 3.05) is 5.73 Å². The molecule has 0 bridgehead atoms. The summed E-state index contributed by atoms with van der Waals surface area (Å²) in [6.07, 6.45) is 2.00. The van der Waals surface area contributed by atoms with Crippen molar-refractivity contribution in [2.45, 2.75) is 6.92 Å². The van der Waals surface area contributed by atoms with Crippen molar-refractivity contribution < 1.29 is 0 Å². The number of anilines is 1. The summed E-state index contributed by atoms with van der Waals surface area (Å²) in [4.78, 5) is 4.79. The van der Waals surface area contributed by atoms with Gasteiger partial charge in [-0.2, -0.15) is 0 Å². The van der Waals surface area contributed by atoms with Gasteiger partial charge in [-0.25, -0.2) is 4.98 Å². The molecule has 3 nitrogen and oxygen atoms in total. The van der Waals surface area contributed by atoms with Crippen LogP contribution in [-0.2, 0) is 0 Å². The van der Waals surface area contributed by atoms with Gasteiger partial charge in [0.15, 0.2) is 0 Å². The van der Waals surface area contributed by atoms with Crippen LogP contribution in [0.4, 0.5) is 5.82 Å². The number of hydrogen-bond donors (Lipinski definition) is 1. The molecule has 1 aromatic carbocycles. The second kappa shape index (κ2) is 4.08. The Hall–Kier alpha value is -2.33. The minimum atomic E-state index is 0.697. The van der Waals surface area contributed by atoms with Crippen LogP contribution in [0.15, 0.2) is 48.0 Å². The number of nitrogens with two attached hydrogens (primary N) is 1. The van der Waals surface area contributed by atoms with E-state index >= 15 is 0 Å². The summed E-state index contributed by atoms with van der Waals surface area (Å²) in [5.74, 6) is 0.697. The summed E-state index contributed by atoms with van der Waals surface area (Å²) in [6, 6.07) is 12.4. The van der Waals surface area contributed by atoms with Crippen molar-refractivity contribution >= 4 is 32.9 Å². The van der Waals surface area contributed by atoms with Crippen molar-refractivity contribution in [2.24, 2.45) is 0 Å². The average molecular weight is 279 g/mol. The van der Waals surface area contributed by atoms with E-state index in [1.54, 1.807) is 11.3 Å². The van der Waals surface area contributed by atoms with Crippen LogP contribution in [0.5, 0.6) is 0 Å². The van der Waals surface area contributed by atoms with E-state index in [4.69, 9.17) is 10.7 Å². The second-order valence-corrected chi connectivity index (χ2v) is 5.82. The molecule has 0 saturated heterocycles. The number of rotatable bonds is 1. The fourth-order valence-corrected chi connectivity index (χ4v) is 3.38. The highest BCUT2D eigenvalue weighted by atomic mass is 32.1. The number of benzene rings is 1. The standard InChI is InChI=1S/C16H13N3S/c1-10-4-2-3-5-11(10)14-15(17)19-8-6-13-12(7-9-20-13)16(19)18-14/h2-9H,17H2,1H3. The van der Waals surface area contributed by atoms with Crippen molar-refractivity contribution in [3.63, 3.8) is 0 Å². The monoisotopic (exact) mass is 279 g/mol. The summed E-state index contributed by atoms with van der Waals surface area (Å²) in [7, 11) is 0. The normalized spacial score (nSPS) is 11.4. The van der Waals surface area contributed by atoms with Gasteiger partial charge in [-0.15, -0.1) is 11.3 Å². The van der Waals surface area contributed by atoms with Crippen LogP contribution in [-0.4, -0.2) is 9.38 Å². The molecule has 0 amide bonds. The fraction of sp³-hybridized carbons (Fsp3) is 0.0625. The van der Waals surface area contributed by atoms with Gasteiger partial charge in [0.2, 0.25) is 0 Å². The predicted octanol–water partition coefficient (Wildman–Crippen LogP) is 4.11. The van der Waals surface area contributed by atoms with E-state index in [2.05, 4.69) is 36.6 Å². The van der Waals surface area contributed by atoms with Gasteiger partial charge in [0.25, 0.3) is 0 Å². The Labute approximate surface area is 120 Å². The third-order valence-electron chi connectivity index (χ3n) is 3.66. The lowest BCUT2D eigenvalue weighted by atomic mass is 10.1. The molecular formula is C16H13N3S. The molecule has 20 heavy (non-hydrogen) atoms. The molecule has 3 aromatic heterocycles. The van der Waals surface area contributed by atoms with E-state index < -0.39 is 0 Å². The van der Waals surface area contributed by atoms with Gasteiger partial charge in [-0.3, -0.25) is 4.40 Å². The number of imidazole rings is 1. The number of thiophene rings is 1. The number of nitrogens with zero attached hydrogens (tertiary/aromatic N) is 2. The Kier molecular flexibility index (Phi) is 2.35. The zero-order valence-corrected chi connectivity index (χ0v) is 11.8. The SMILES string of the molecule is Cc1ccccc1-c1nc2c3ccsc3ccn2c1N. The quantitative estimate of drug-likeness (QED) is 0.570. The van der Waals surface area contributed by atoms with Crippen LogP contribution in [0.25, 0.3) is 27.0 Å². The van der Waals surface area contributed by atoms with E-state index in [-0.39, 0.29) is 0 Å². The van der Waals surface area contributed by atoms with Crippen molar-refractivity contribution in [3.8, 4) is 11.3 Å². The van der Waals surface area contributed by atoms with Gasteiger partial charge >= 0.3 is 0 Å². The topological polar surface area (TPSA) is 43.3 Å². The number of aromatic nitrogens is 2. The van der Waals surface area contributed by atoms with E-state index in [0.29, 0.717) is 5.82 Å². The lowest BCUT2D eigenvalue weighted by molar-refractivity contribution is 1.21. The molecule has 3 heterocycles. The summed E-state index contributed by atoms with van der Waals surface area (Å²) in [5, 5.41) is 3.24. The number of aryl methyl sites for hydroxylation is 1. The van der Waals surface area contributed by atoms with Crippen molar-refractivity contribution in [3.05, 3.63) is 53.5 Å². The maximum atomic E-state index is 6.30. The Morgan fingerprint density at radius 3 is 2.85 bits per heavy atom. The number of nitrogen functional groups attached to an aromatic ring is 1. The molecule has 98 valence electrons. The van der Waals surface area contributed by atoms with Crippen LogP contribution in [0.1, 0.15) is 5.56 Å². The van der Waals surface area contributed by atoms with Crippen LogP contribution in [0.2, 0.25) is 0 Å². The molecule has 0 spiro atoms. The molecule has 0 aliphatic heterocycles. The molecular weight excluding hydrogens is 266 g/mol. The summed E-state index contributed by atoms with van der Waals surface area (Å²) in [5.41, 5.74) is 10.4. The highest BCUT2D eigenvalue weighted by molar-refractivity contribution is 7.17. The molecule has 0 radical (unpaired) electrons. The molecule has 2 N–H and O–H groups in total. The fourth-order valence-electron chi connectivity index (χ4n) is 2.60. The third kappa shape index (κ3) is 1.48. The zero-order valence-electron chi connectivity index (χ0n) is 11.0. The number of fused-ring (bicyclic) bond motifs is 3. The van der Waals surface area contributed by atoms with Crippen molar-refractivity contribution in [1.82, 2.24) is 9.38 Å². The average Bonchev–Trinajstić information content (AvgIpc) is 3.04. The van der Waals surface area contributed by atoms with Gasteiger partial charge in [0.05, 0.1) is 0 Å². The molecule has 0 aliphatic carbocycles. The second-order valence-electron chi connectivity index (χ2n) is 4.87. The lowest BCUT2D eigenvalue weighted by Gasteiger charge is -2.02. The first kappa shape index (κ1) is 11.5. The molecule has 4 rings (SSSR count). The maximum Gasteiger partial charge on any atom is 0.147 e. The Balaban J connectivity index is 2.11. The molecule has 4 aromatic rings. The predicted molar refractivity (Wildman–Crippen MR) is 85.2 cm³/mol. The van der Waals surface area contributed by atoms with E-state index in [0.717, 1.165) is 22.3 Å². The Bertz CT molecular complexity index is 933. The van der Waals surface area contributed by atoms with Crippen LogP contribution in [0, 0.1) is 6.92 Å². The van der Waals surface area contributed by atoms with Gasteiger partial charge in [0, 0.05) is 21.8 Å². The van der Waals surface area contributed by atoms with Crippen LogP contribution >= 0.6 is 11.3 Å². The first-order valence-corrected chi connectivity index (χ1v) is 7.33. The Morgan fingerprint density at radius 1 is 1.15 bits per heavy atom. The first-order chi connectivity index (χ1) is 9.75. The van der Waals surface area contributed by atoms with Gasteiger partial charge in [0.1, 0.15) is 17.2 Å². The smallest absolute Gasteiger partial charge is 0.147 e. The number of pyridine rings is 1. The minimum absolute atomic E-state index is 0.697. The van der Waals surface area contributed by atoms with E-state index in [1.807, 2.05) is 22.7 Å². The zero-order chi connectivity index (χ0) is 13.7. The molecule has 0 unspecified atom stereocenters. The molecule has 4 heteroatoms. The van der Waals surface area contributed by atoms with Crippen LogP contribution in [0.3, 0.4) is 0 Å². The van der Waals surface area contributed by atoms with Gasteiger partial charge < -0.3 is 5.73 Å². The van der Waals surface area contributed by atoms with Crippen LogP contribution < -0.4 is 5.73 Å². The summed E-state index contributed by atoms with van der Waals surface area (Å²) >= 11 is 1.72. The molecule has 0 aliphatic rings. The molecule has 0 fully saturated rings. The summed E-state index contributed by atoms with van der Waals surface area (Å²) in [6.45, 7) is 2.08. The number of hydrogen-bond acceptors (Lipinski definition) is 3. The van der Waals surface area contributed by atoms with Crippen molar-refractivity contribution in [1.29, 1.82) is 0 Å². The molecule has 0 saturated carbocycles. The molecule has 0 atom stereocenters. The summed E-state index contributed by atoms with van der Waals surface area (Å²) < 4.78 is 3.20. The maximum absolute atomic E-state index is 6.30. The van der Waals surface area contributed by atoms with Gasteiger partial charge in [-0.05, 0) is 30.0 Å². The minimum Gasteiger partial charge on any atom is -0.383 e. The highest BCUT2D eigenvalue weighted by Gasteiger charge is 2.14. The third-order valence-corrected chi connectivity index (χ3v) is 4.54. The van der Waals surface area contributed by atoms with E-state index in [9.17, 15) is 0 Å². The lowest BCUT2D eigenvalue weighted by Crippen LogP contribution is -1.94. The largest absolute Gasteiger partial charge is 0.383 e. The Morgan fingerprint density at radius 2 is 2.00 bits per heavy atom. The highest BCUT2D eigenvalue weighted by Crippen LogP contribution is 2.32.